The van der Waals surface area contributed by atoms with Gasteiger partial charge >= 0.3 is 0 Å². The first-order chi connectivity index (χ1) is 26.2. The van der Waals surface area contributed by atoms with Crippen LogP contribution < -0.4 is 15.0 Å². The number of fused-ring (bicyclic) bond motifs is 2. The van der Waals surface area contributed by atoms with Crippen molar-refractivity contribution in [2.24, 2.45) is 4.99 Å². The molecule has 0 unspecified atom stereocenters. The van der Waals surface area contributed by atoms with Crippen molar-refractivity contribution >= 4 is 34.3 Å². The van der Waals surface area contributed by atoms with Gasteiger partial charge in [0.15, 0.2) is 16.6 Å². The van der Waals surface area contributed by atoms with Crippen molar-refractivity contribution in [2.75, 3.05) is 46.9 Å². The van der Waals surface area contributed by atoms with Crippen molar-refractivity contribution in [3.63, 3.8) is 0 Å². The number of likely N-dealkylation sites (tertiary alicyclic amines) is 2. The molecule has 2 fully saturated rings. The van der Waals surface area contributed by atoms with Crippen LogP contribution in [0.15, 0.2) is 58.1 Å². The second kappa shape index (κ2) is 15.3. The summed E-state index contributed by atoms with van der Waals surface area (Å²) in [5.41, 5.74) is 7.20. The van der Waals surface area contributed by atoms with Crippen LogP contribution in [0.3, 0.4) is 0 Å². The van der Waals surface area contributed by atoms with Crippen LogP contribution in [0.25, 0.3) is 33.7 Å². The summed E-state index contributed by atoms with van der Waals surface area (Å²) in [5, 5.41) is 30.9. The van der Waals surface area contributed by atoms with E-state index in [4.69, 9.17) is 42.1 Å². The van der Waals surface area contributed by atoms with Crippen LogP contribution in [0.5, 0.6) is 11.8 Å². The average molecular weight is 771 g/mol. The molecule has 8 rings (SSSR count). The summed E-state index contributed by atoms with van der Waals surface area (Å²) >= 11 is 14.0. The maximum absolute atomic E-state index is 10.1. The van der Waals surface area contributed by atoms with Crippen LogP contribution in [0.1, 0.15) is 47.6 Å². The Morgan fingerprint density at radius 2 is 1.70 bits per heavy atom. The zero-order valence-electron chi connectivity index (χ0n) is 30.1. The lowest BCUT2D eigenvalue weighted by atomic mass is 9.95. The van der Waals surface area contributed by atoms with Gasteiger partial charge in [0.2, 0.25) is 17.7 Å². The van der Waals surface area contributed by atoms with Crippen molar-refractivity contribution in [2.45, 2.75) is 57.1 Å². The highest BCUT2D eigenvalue weighted by atomic mass is 35.5. The van der Waals surface area contributed by atoms with Crippen LogP contribution in [-0.2, 0) is 19.5 Å². The van der Waals surface area contributed by atoms with E-state index in [1.165, 1.54) is 0 Å². The highest BCUT2D eigenvalue weighted by Gasteiger charge is 2.30. The Kier molecular flexibility index (Phi) is 10.4. The van der Waals surface area contributed by atoms with E-state index in [0.29, 0.717) is 88.1 Å². The molecule has 12 nitrogen and oxygen atoms in total. The summed E-state index contributed by atoms with van der Waals surface area (Å²) in [6.45, 7) is 4.73. The molecule has 54 heavy (non-hydrogen) atoms. The Hall–Kier alpha value is -4.48. The molecule has 0 spiro atoms. The molecule has 2 saturated heterocycles. The molecule has 280 valence electrons. The lowest BCUT2D eigenvalue weighted by molar-refractivity contribution is 0.174. The third-order valence-corrected chi connectivity index (χ3v) is 11.4. The quantitative estimate of drug-likeness (QED) is 0.180. The molecule has 2 aromatic carbocycles. The number of nitriles is 1. The number of aliphatic hydroxyl groups excluding tert-OH is 2. The van der Waals surface area contributed by atoms with Gasteiger partial charge in [0.05, 0.1) is 29.9 Å². The van der Waals surface area contributed by atoms with Gasteiger partial charge in [0.1, 0.15) is 22.8 Å². The number of hydrogen-bond acceptors (Lipinski definition) is 11. The van der Waals surface area contributed by atoms with Gasteiger partial charge < -0.3 is 28.7 Å². The van der Waals surface area contributed by atoms with Crippen molar-refractivity contribution < 1.29 is 24.1 Å². The minimum atomic E-state index is -0.322. The minimum absolute atomic E-state index is 0.281. The molecule has 0 amide bonds. The van der Waals surface area contributed by atoms with Crippen LogP contribution in [0.2, 0.25) is 10.0 Å². The monoisotopic (exact) mass is 769 g/mol. The molecule has 0 saturated carbocycles. The SMILES string of the molecule is C/N=c1/c2nc(-c3cccc(-c4cccc5c4CC[C@@H]5Oc4nc(OC)c(CN5CC[C@@H](O)C5)cc4Cl)c3Cl)oc2c(C#N)cn1CCN1CC[C@@H](O)C1. The highest BCUT2D eigenvalue weighted by Crippen LogP contribution is 2.45. The smallest absolute Gasteiger partial charge is 0.236 e. The van der Waals surface area contributed by atoms with Gasteiger partial charge in [-0.05, 0) is 54.5 Å². The predicted molar refractivity (Wildman–Crippen MR) is 205 cm³/mol. The molecule has 3 aliphatic rings. The molecular weight excluding hydrogens is 729 g/mol. The molecule has 3 atom stereocenters. The second-order valence-electron chi connectivity index (χ2n) is 14.1. The number of oxazole rings is 1. The van der Waals surface area contributed by atoms with E-state index in [2.05, 4.69) is 38.0 Å². The number of methoxy groups -OCH3 is 1. The largest absolute Gasteiger partial charge is 0.481 e. The number of benzene rings is 2. The van der Waals surface area contributed by atoms with Crippen molar-refractivity contribution in [3.05, 3.63) is 86.4 Å². The molecule has 2 aliphatic heterocycles. The zero-order valence-corrected chi connectivity index (χ0v) is 31.6. The van der Waals surface area contributed by atoms with Gasteiger partial charge in [-0.2, -0.15) is 10.2 Å². The fourth-order valence-electron chi connectivity index (χ4n) is 8.02. The van der Waals surface area contributed by atoms with Crippen LogP contribution in [0, 0.1) is 11.3 Å². The Balaban J connectivity index is 1.08. The summed E-state index contributed by atoms with van der Waals surface area (Å²) in [5.74, 6) is 1.06. The van der Waals surface area contributed by atoms with Gasteiger partial charge in [0, 0.05) is 70.2 Å². The molecule has 0 radical (unpaired) electrons. The number of β-amino-alcohol motifs (C(OH)–C–C–N with tert-alkyl or cyclic N) is 2. The second-order valence-corrected chi connectivity index (χ2v) is 14.9. The lowest BCUT2D eigenvalue weighted by Crippen LogP contribution is -2.31. The maximum Gasteiger partial charge on any atom is 0.236 e. The topological polar surface area (TPSA) is 145 Å². The number of hydrogen-bond donors (Lipinski definition) is 2. The van der Waals surface area contributed by atoms with Crippen LogP contribution in [0.4, 0.5) is 0 Å². The first-order valence-corrected chi connectivity index (χ1v) is 19.0. The molecular formula is C40H41Cl2N7O5. The number of aliphatic hydroxyl groups is 2. The van der Waals surface area contributed by atoms with E-state index in [9.17, 15) is 15.5 Å². The summed E-state index contributed by atoms with van der Waals surface area (Å²) < 4.78 is 20.3. The first kappa shape index (κ1) is 36.5. The third-order valence-electron chi connectivity index (χ3n) is 10.7. The molecule has 5 aromatic rings. The average Bonchev–Trinajstić information content (AvgIpc) is 3.99. The Morgan fingerprint density at radius 3 is 2.43 bits per heavy atom. The Bertz CT molecular complexity index is 2340. The Labute approximate surface area is 322 Å². The normalized spacial score (nSPS) is 20.5. The van der Waals surface area contributed by atoms with Gasteiger partial charge in [-0.15, -0.1) is 0 Å². The first-order valence-electron chi connectivity index (χ1n) is 18.2. The fraction of sp³-hybridized carbons (Fsp3) is 0.400. The van der Waals surface area contributed by atoms with Crippen LogP contribution in [-0.4, -0.2) is 93.6 Å². The molecule has 0 bridgehead atoms. The molecule has 14 heteroatoms. The number of aromatic nitrogens is 3. The highest BCUT2D eigenvalue weighted by molar-refractivity contribution is 6.36. The number of nitrogens with zero attached hydrogens (tertiary/aromatic N) is 7. The van der Waals surface area contributed by atoms with E-state index in [1.807, 2.05) is 34.9 Å². The number of pyridine rings is 2. The molecule has 1 aliphatic carbocycles. The fourth-order valence-corrected chi connectivity index (χ4v) is 8.55. The Morgan fingerprint density at radius 1 is 0.963 bits per heavy atom. The molecule has 3 aromatic heterocycles. The number of rotatable bonds is 10. The third kappa shape index (κ3) is 6.96. The number of halogens is 2. The summed E-state index contributed by atoms with van der Waals surface area (Å²) in [6.07, 6.45) is 3.83. The maximum atomic E-state index is 10.1. The van der Waals surface area contributed by atoms with Gasteiger partial charge in [-0.25, -0.2) is 4.98 Å². The van der Waals surface area contributed by atoms with E-state index >= 15 is 0 Å². The van der Waals surface area contributed by atoms with Gasteiger partial charge in [-0.3, -0.25) is 14.8 Å². The van der Waals surface area contributed by atoms with E-state index in [1.54, 1.807) is 20.4 Å². The zero-order chi connectivity index (χ0) is 37.5. The number of ether oxygens (including phenoxy) is 2. The lowest BCUT2D eigenvalue weighted by Gasteiger charge is -2.20. The van der Waals surface area contributed by atoms with E-state index in [-0.39, 0.29) is 18.3 Å². The standard InChI is InChI=1S/C40H41Cl2N7O5/c1-44-37-35-36(24(18-43)20-49(37)16-15-47-13-11-25(50)21-47)54-39(45-35)31-8-4-7-30(34(31)42)27-5-3-6-29-28(27)9-10-33(29)53-40-32(41)17-23(38(46-40)52-2)19-48-14-12-26(51)22-48/h3-8,17,20,25-26,33,50-51H,9-16,19,21-22H2,1-2H3/b44-37-/t25-,26-,33+/m1/s1. The van der Waals surface area contributed by atoms with E-state index in [0.717, 1.165) is 66.6 Å². The van der Waals surface area contributed by atoms with Gasteiger partial charge in [-0.1, -0.05) is 53.5 Å². The summed E-state index contributed by atoms with van der Waals surface area (Å²) in [4.78, 5) is 18.4. The van der Waals surface area contributed by atoms with Crippen molar-refractivity contribution in [1.29, 1.82) is 5.26 Å². The van der Waals surface area contributed by atoms with Crippen LogP contribution >= 0.6 is 23.2 Å². The van der Waals surface area contributed by atoms with Crippen molar-refractivity contribution in [3.8, 4) is 40.4 Å². The summed E-state index contributed by atoms with van der Waals surface area (Å²) in [7, 11) is 3.28. The van der Waals surface area contributed by atoms with Crippen molar-refractivity contribution in [1.82, 2.24) is 24.3 Å². The molecule has 5 heterocycles. The predicted octanol–water partition coefficient (Wildman–Crippen LogP) is 5.78. The van der Waals surface area contributed by atoms with E-state index < -0.39 is 0 Å². The van der Waals surface area contributed by atoms with Gasteiger partial charge in [0.25, 0.3) is 0 Å². The summed E-state index contributed by atoms with van der Waals surface area (Å²) in [6, 6.07) is 16.0. The molecule has 2 N–H and O–H groups in total. The minimum Gasteiger partial charge on any atom is -0.481 e.